The molecule has 0 fully saturated rings. The van der Waals surface area contributed by atoms with Crippen molar-refractivity contribution in [2.24, 2.45) is 0 Å². The Labute approximate surface area is 118 Å². The van der Waals surface area contributed by atoms with E-state index in [1.807, 2.05) is 0 Å². The monoisotopic (exact) mass is 361 g/mol. The van der Waals surface area contributed by atoms with Gasteiger partial charge >= 0.3 is 0 Å². The van der Waals surface area contributed by atoms with E-state index in [0.29, 0.717) is 4.47 Å². The number of rotatable bonds is 4. The van der Waals surface area contributed by atoms with E-state index >= 15 is 0 Å². The molecule has 8 heteroatoms. The molecule has 0 radical (unpaired) electrons. The first-order valence-electron chi connectivity index (χ1n) is 4.56. The Morgan fingerprint density at radius 1 is 1.41 bits per heavy atom. The third-order valence-corrected chi connectivity index (χ3v) is 4.92. The largest absolute Gasteiger partial charge is 0.392 e. The minimum absolute atomic E-state index is 0.0550. The number of aliphatic hydroxyl groups is 1. The van der Waals surface area contributed by atoms with Gasteiger partial charge in [0.25, 0.3) is 0 Å². The molecule has 17 heavy (non-hydrogen) atoms. The number of sulfonamides is 1. The summed E-state index contributed by atoms with van der Waals surface area (Å²) in [5.41, 5.74) is 0. The Bertz CT molecular complexity index is 519. The molecular weight excluding hydrogens is 353 g/mol. The average Bonchev–Trinajstić information content (AvgIpc) is 2.20. The molecular formula is C9H10BrCl2NO3S. The second kappa shape index (κ2) is 5.86. The van der Waals surface area contributed by atoms with Gasteiger partial charge in [0.1, 0.15) is 4.90 Å². The van der Waals surface area contributed by atoms with Gasteiger partial charge in [0.2, 0.25) is 10.0 Å². The van der Waals surface area contributed by atoms with E-state index < -0.39 is 16.1 Å². The first-order valence-corrected chi connectivity index (χ1v) is 7.59. The molecule has 0 aliphatic rings. The normalized spacial score (nSPS) is 13.7. The highest BCUT2D eigenvalue weighted by atomic mass is 79.9. The lowest BCUT2D eigenvalue weighted by Crippen LogP contribution is -2.30. The van der Waals surface area contributed by atoms with Gasteiger partial charge in [0.15, 0.2) is 0 Å². The maximum Gasteiger partial charge on any atom is 0.242 e. The fourth-order valence-electron chi connectivity index (χ4n) is 1.02. The summed E-state index contributed by atoms with van der Waals surface area (Å²) < 4.78 is 26.4. The Hall–Kier alpha value is 0.150. The molecule has 0 amide bonds. The van der Waals surface area contributed by atoms with Crippen molar-refractivity contribution in [2.75, 3.05) is 6.54 Å². The molecule has 1 unspecified atom stereocenters. The van der Waals surface area contributed by atoms with Crippen molar-refractivity contribution in [3.05, 3.63) is 26.7 Å². The summed E-state index contributed by atoms with van der Waals surface area (Å²) in [7, 11) is -3.77. The van der Waals surface area contributed by atoms with Crippen LogP contribution in [0.5, 0.6) is 0 Å². The first-order chi connectivity index (χ1) is 7.74. The lowest BCUT2D eigenvalue weighted by atomic mass is 10.4. The second-order valence-electron chi connectivity index (χ2n) is 3.40. The van der Waals surface area contributed by atoms with Crippen LogP contribution in [0.3, 0.4) is 0 Å². The maximum absolute atomic E-state index is 11.8. The summed E-state index contributed by atoms with van der Waals surface area (Å²) in [6.07, 6.45) is -0.783. The SMILES string of the molecule is CC(O)CNS(=O)(=O)c1cc(Cl)c(Br)cc1Cl. The lowest BCUT2D eigenvalue weighted by molar-refractivity contribution is 0.198. The number of aliphatic hydroxyl groups excluding tert-OH is 1. The Morgan fingerprint density at radius 2 is 2.00 bits per heavy atom. The minimum Gasteiger partial charge on any atom is -0.392 e. The molecule has 0 saturated heterocycles. The van der Waals surface area contributed by atoms with Crippen LogP contribution in [0.25, 0.3) is 0 Å². The smallest absolute Gasteiger partial charge is 0.242 e. The molecule has 0 saturated carbocycles. The molecule has 0 aromatic heterocycles. The van der Waals surface area contributed by atoms with Crippen LogP contribution in [0, 0.1) is 0 Å². The summed E-state index contributed by atoms with van der Waals surface area (Å²) in [5, 5.41) is 9.33. The van der Waals surface area contributed by atoms with E-state index in [1.54, 1.807) is 0 Å². The Morgan fingerprint density at radius 3 is 2.53 bits per heavy atom. The van der Waals surface area contributed by atoms with E-state index in [4.69, 9.17) is 28.3 Å². The molecule has 1 atom stereocenters. The molecule has 0 aliphatic carbocycles. The van der Waals surface area contributed by atoms with Crippen molar-refractivity contribution < 1.29 is 13.5 Å². The van der Waals surface area contributed by atoms with Crippen molar-refractivity contribution in [1.82, 2.24) is 4.72 Å². The summed E-state index contributed by atoms with van der Waals surface area (Å²) in [6.45, 7) is 1.38. The standard InChI is InChI=1S/C9H10BrCl2NO3S/c1-5(14)4-13-17(15,16)9-3-7(11)6(10)2-8(9)12/h2-3,5,13-14H,4H2,1H3. The van der Waals surface area contributed by atoms with Gasteiger partial charge in [-0.05, 0) is 35.0 Å². The van der Waals surface area contributed by atoms with Gasteiger partial charge in [-0.3, -0.25) is 0 Å². The summed E-state index contributed by atoms with van der Waals surface area (Å²) in [6, 6.07) is 2.65. The van der Waals surface area contributed by atoms with Gasteiger partial charge < -0.3 is 5.11 Å². The van der Waals surface area contributed by atoms with E-state index in [9.17, 15) is 8.42 Å². The quantitative estimate of drug-likeness (QED) is 0.808. The second-order valence-corrected chi connectivity index (χ2v) is 6.80. The molecule has 0 heterocycles. The van der Waals surface area contributed by atoms with E-state index in [0.717, 1.165) is 0 Å². The summed E-state index contributed by atoms with van der Waals surface area (Å²) in [5.74, 6) is 0. The predicted octanol–water partition coefficient (Wildman–Crippen LogP) is 2.42. The average molecular weight is 363 g/mol. The van der Waals surface area contributed by atoms with Crippen LogP contribution in [0.2, 0.25) is 10.0 Å². The molecule has 1 rings (SSSR count). The zero-order valence-electron chi connectivity index (χ0n) is 8.75. The molecule has 0 bridgehead atoms. The van der Waals surface area contributed by atoms with Crippen LogP contribution in [0.15, 0.2) is 21.5 Å². The third kappa shape index (κ3) is 4.08. The van der Waals surface area contributed by atoms with Gasteiger partial charge in [-0.25, -0.2) is 13.1 Å². The van der Waals surface area contributed by atoms with E-state index in [1.165, 1.54) is 19.1 Å². The highest BCUT2D eigenvalue weighted by molar-refractivity contribution is 9.10. The fourth-order valence-corrected chi connectivity index (χ4v) is 3.39. The fraction of sp³-hybridized carbons (Fsp3) is 0.333. The zero-order valence-corrected chi connectivity index (χ0v) is 12.7. The highest BCUT2D eigenvalue weighted by Crippen LogP contribution is 2.31. The van der Waals surface area contributed by atoms with Crippen molar-refractivity contribution in [3.63, 3.8) is 0 Å². The number of hydrogen-bond donors (Lipinski definition) is 2. The Kier molecular flexibility index (Phi) is 5.24. The summed E-state index contributed by atoms with van der Waals surface area (Å²) in [4.78, 5) is -0.118. The van der Waals surface area contributed by atoms with Gasteiger partial charge in [-0.1, -0.05) is 23.2 Å². The van der Waals surface area contributed by atoms with Crippen LogP contribution in [-0.2, 0) is 10.0 Å². The van der Waals surface area contributed by atoms with Crippen LogP contribution in [0.4, 0.5) is 0 Å². The van der Waals surface area contributed by atoms with Crippen LogP contribution < -0.4 is 4.72 Å². The number of halogens is 3. The number of benzene rings is 1. The van der Waals surface area contributed by atoms with Gasteiger partial charge in [0, 0.05) is 11.0 Å². The van der Waals surface area contributed by atoms with Crippen molar-refractivity contribution in [3.8, 4) is 0 Å². The Balaban J connectivity index is 3.11. The van der Waals surface area contributed by atoms with Crippen LogP contribution >= 0.6 is 39.1 Å². The lowest BCUT2D eigenvalue weighted by Gasteiger charge is -2.10. The minimum atomic E-state index is -3.77. The predicted molar refractivity (Wildman–Crippen MR) is 71.0 cm³/mol. The van der Waals surface area contributed by atoms with E-state index in [2.05, 4.69) is 20.7 Å². The van der Waals surface area contributed by atoms with Crippen molar-refractivity contribution in [1.29, 1.82) is 0 Å². The number of nitrogens with one attached hydrogen (secondary N) is 1. The molecule has 96 valence electrons. The third-order valence-electron chi connectivity index (χ3n) is 1.83. The molecule has 0 aliphatic heterocycles. The molecule has 2 N–H and O–H groups in total. The first kappa shape index (κ1) is 15.2. The maximum atomic E-state index is 11.8. The summed E-state index contributed by atoms with van der Waals surface area (Å²) >= 11 is 14.8. The van der Waals surface area contributed by atoms with Crippen molar-refractivity contribution in [2.45, 2.75) is 17.9 Å². The van der Waals surface area contributed by atoms with Crippen LogP contribution in [-0.4, -0.2) is 26.2 Å². The van der Waals surface area contributed by atoms with Gasteiger partial charge in [0.05, 0.1) is 16.1 Å². The molecule has 1 aromatic carbocycles. The van der Waals surface area contributed by atoms with Gasteiger partial charge in [-0.2, -0.15) is 0 Å². The molecule has 1 aromatic rings. The number of hydrogen-bond acceptors (Lipinski definition) is 3. The van der Waals surface area contributed by atoms with Crippen LogP contribution in [0.1, 0.15) is 6.92 Å². The van der Waals surface area contributed by atoms with Gasteiger partial charge in [-0.15, -0.1) is 0 Å². The topological polar surface area (TPSA) is 66.4 Å². The highest BCUT2D eigenvalue weighted by Gasteiger charge is 2.19. The molecule has 0 spiro atoms. The van der Waals surface area contributed by atoms with Crippen molar-refractivity contribution >= 4 is 49.2 Å². The molecule has 4 nitrogen and oxygen atoms in total. The zero-order chi connectivity index (χ0) is 13.2. The van der Waals surface area contributed by atoms with E-state index in [-0.39, 0.29) is 21.5 Å².